The van der Waals surface area contributed by atoms with Gasteiger partial charge < -0.3 is 5.73 Å². The quantitative estimate of drug-likeness (QED) is 0.767. The Bertz CT molecular complexity index is 688. The lowest BCUT2D eigenvalue weighted by Gasteiger charge is -2.12. The zero-order valence-corrected chi connectivity index (χ0v) is 11.1. The second-order valence-corrected chi connectivity index (χ2v) is 5.81. The molecule has 18 heavy (non-hydrogen) atoms. The molecule has 0 saturated carbocycles. The summed E-state index contributed by atoms with van der Waals surface area (Å²) in [7, 11) is 0. The van der Waals surface area contributed by atoms with Crippen molar-refractivity contribution in [2.45, 2.75) is 6.04 Å². The molecule has 0 spiro atoms. The molecule has 1 aromatic carbocycles. The van der Waals surface area contributed by atoms with Gasteiger partial charge in [0.25, 0.3) is 0 Å². The minimum Gasteiger partial charge on any atom is -0.320 e. The van der Waals surface area contributed by atoms with E-state index in [2.05, 4.69) is 11.1 Å². The number of benzene rings is 1. The molecule has 4 heteroatoms. The standard InChI is InChI=1S/C14H11ClN2S/c15-13-5-4-12(18-13)14(16)10-3-1-2-9-6-7-17-8-11(9)10/h1-8,14H,16H2. The number of nitrogens with two attached hydrogens (primary N) is 1. The van der Waals surface area contributed by atoms with Crippen molar-refractivity contribution >= 4 is 33.7 Å². The fourth-order valence-electron chi connectivity index (χ4n) is 2.06. The van der Waals surface area contributed by atoms with E-state index in [0.29, 0.717) is 0 Å². The van der Waals surface area contributed by atoms with E-state index in [1.54, 1.807) is 6.20 Å². The molecule has 90 valence electrons. The third-order valence-corrected chi connectivity index (χ3v) is 4.27. The molecule has 2 aromatic heterocycles. The monoisotopic (exact) mass is 274 g/mol. The Balaban J connectivity index is 2.14. The minimum absolute atomic E-state index is 0.157. The molecular formula is C14H11ClN2S. The summed E-state index contributed by atoms with van der Waals surface area (Å²) in [5, 5.41) is 2.25. The number of hydrogen-bond acceptors (Lipinski definition) is 3. The highest BCUT2D eigenvalue weighted by atomic mass is 35.5. The Morgan fingerprint density at radius 1 is 1.17 bits per heavy atom. The normalized spacial score (nSPS) is 12.8. The van der Waals surface area contributed by atoms with Crippen LogP contribution in [0.1, 0.15) is 16.5 Å². The SMILES string of the molecule is NC(c1ccc(Cl)s1)c1cccc2ccncc12. The lowest BCUT2D eigenvalue weighted by molar-refractivity contribution is 0.903. The first-order valence-electron chi connectivity index (χ1n) is 5.59. The molecule has 2 heterocycles. The Morgan fingerprint density at radius 3 is 2.83 bits per heavy atom. The van der Waals surface area contributed by atoms with Gasteiger partial charge in [-0.2, -0.15) is 0 Å². The first-order chi connectivity index (χ1) is 8.75. The van der Waals surface area contributed by atoms with Gasteiger partial charge in [0.2, 0.25) is 0 Å². The molecule has 0 bridgehead atoms. The number of halogens is 1. The largest absolute Gasteiger partial charge is 0.320 e. The molecule has 0 amide bonds. The van der Waals surface area contributed by atoms with E-state index < -0.39 is 0 Å². The Labute approximate surface area is 114 Å². The van der Waals surface area contributed by atoms with Crippen LogP contribution in [0, 0.1) is 0 Å². The molecule has 0 aliphatic rings. The van der Waals surface area contributed by atoms with Gasteiger partial charge in [-0.25, -0.2) is 0 Å². The molecule has 3 aromatic rings. The number of fused-ring (bicyclic) bond motifs is 1. The average molecular weight is 275 g/mol. The van der Waals surface area contributed by atoms with Gasteiger partial charge in [0, 0.05) is 22.7 Å². The molecule has 0 aliphatic heterocycles. The van der Waals surface area contributed by atoms with Crippen LogP contribution in [0.4, 0.5) is 0 Å². The molecule has 1 unspecified atom stereocenters. The molecule has 1 atom stereocenters. The van der Waals surface area contributed by atoms with Crippen molar-refractivity contribution in [1.82, 2.24) is 4.98 Å². The summed E-state index contributed by atoms with van der Waals surface area (Å²) >= 11 is 7.48. The lowest BCUT2D eigenvalue weighted by Crippen LogP contribution is -2.10. The van der Waals surface area contributed by atoms with E-state index in [4.69, 9.17) is 17.3 Å². The van der Waals surface area contributed by atoms with Crippen LogP contribution in [0.5, 0.6) is 0 Å². The van der Waals surface area contributed by atoms with Gasteiger partial charge in [0.15, 0.2) is 0 Å². The maximum absolute atomic E-state index is 6.32. The number of hydrogen-bond donors (Lipinski definition) is 1. The van der Waals surface area contributed by atoms with Crippen LogP contribution >= 0.6 is 22.9 Å². The fraction of sp³-hybridized carbons (Fsp3) is 0.0714. The third-order valence-electron chi connectivity index (χ3n) is 2.95. The lowest BCUT2D eigenvalue weighted by atomic mass is 10.00. The van der Waals surface area contributed by atoms with Gasteiger partial charge in [-0.1, -0.05) is 29.8 Å². The Hall–Kier alpha value is -1.42. The predicted octanol–water partition coefficient (Wildman–Crippen LogP) is 4.00. The number of pyridine rings is 1. The smallest absolute Gasteiger partial charge is 0.0931 e. The zero-order valence-electron chi connectivity index (χ0n) is 9.51. The molecule has 0 aliphatic carbocycles. The van der Waals surface area contributed by atoms with Crippen molar-refractivity contribution in [3.05, 3.63) is 63.6 Å². The van der Waals surface area contributed by atoms with Crippen LogP contribution in [0.25, 0.3) is 10.8 Å². The van der Waals surface area contributed by atoms with Crippen molar-refractivity contribution in [1.29, 1.82) is 0 Å². The second kappa shape index (κ2) is 4.69. The molecule has 2 nitrogen and oxygen atoms in total. The molecular weight excluding hydrogens is 264 g/mol. The van der Waals surface area contributed by atoms with Crippen molar-refractivity contribution < 1.29 is 0 Å². The highest BCUT2D eigenvalue weighted by molar-refractivity contribution is 7.16. The van der Waals surface area contributed by atoms with E-state index in [1.165, 1.54) is 11.3 Å². The molecule has 0 saturated heterocycles. The second-order valence-electron chi connectivity index (χ2n) is 4.06. The summed E-state index contributed by atoms with van der Waals surface area (Å²) < 4.78 is 0.763. The summed E-state index contributed by atoms with van der Waals surface area (Å²) in [5.41, 5.74) is 7.40. The maximum atomic E-state index is 6.32. The van der Waals surface area contributed by atoms with Crippen LogP contribution in [-0.4, -0.2) is 4.98 Å². The van der Waals surface area contributed by atoms with E-state index in [0.717, 1.165) is 25.5 Å². The van der Waals surface area contributed by atoms with Crippen LogP contribution in [-0.2, 0) is 0 Å². The number of rotatable bonds is 2. The van der Waals surface area contributed by atoms with Gasteiger partial charge in [-0.15, -0.1) is 11.3 Å². The van der Waals surface area contributed by atoms with Crippen LogP contribution in [0.15, 0.2) is 48.8 Å². The topological polar surface area (TPSA) is 38.9 Å². The van der Waals surface area contributed by atoms with Gasteiger partial charge in [0.05, 0.1) is 10.4 Å². The van der Waals surface area contributed by atoms with Crippen LogP contribution in [0.3, 0.4) is 0 Å². The van der Waals surface area contributed by atoms with Gasteiger partial charge in [-0.3, -0.25) is 4.98 Å². The number of thiophene rings is 1. The molecule has 3 rings (SSSR count). The number of aromatic nitrogens is 1. The van der Waals surface area contributed by atoms with E-state index in [1.807, 2.05) is 36.5 Å². The average Bonchev–Trinajstić information content (AvgIpc) is 2.84. The van der Waals surface area contributed by atoms with E-state index in [9.17, 15) is 0 Å². The highest BCUT2D eigenvalue weighted by Crippen LogP contribution is 2.32. The summed E-state index contributed by atoms with van der Waals surface area (Å²) in [5.74, 6) is 0. The Kier molecular flexibility index (Phi) is 3.04. The summed E-state index contributed by atoms with van der Waals surface area (Å²) in [6.45, 7) is 0. The predicted molar refractivity (Wildman–Crippen MR) is 77.1 cm³/mol. The van der Waals surface area contributed by atoms with E-state index in [-0.39, 0.29) is 6.04 Å². The first kappa shape index (κ1) is 11.7. The van der Waals surface area contributed by atoms with Gasteiger partial charge >= 0.3 is 0 Å². The zero-order chi connectivity index (χ0) is 12.5. The minimum atomic E-state index is -0.157. The van der Waals surface area contributed by atoms with Crippen molar-refractivity contribution in [2.24, 2.45) is 5.73 Å². The van der Waals surface area contributed by atoms with Gasteiger partial charge in [0.1, 0.15) is 0 Å². The van der Waals surface area contributed by atoms with Crippen LogP contribution in [0.2, 0.25) is 4.34 Å². The number of nitrogens with zero attached hydrogens (tertiary/aromatic N) is 1. The maximum Gasteiger partial charge on any atom is 0.0931 e. The van der Waals surface area contributed by atoms with Crippen LogP contribution < -0.4 is 5.73 Å². The first-order valence-corrected chi connectivity index (χ1v) is 6.78. The fourth-order valence-corrected chi connectivity index (χ4v) is 3.14. The van der Waals surface area contributed by atoms with Crippen molar-refractivity contribution in [2.75, 3.05) is 0 Å². The van der Waals surface area contributed by atoms with Crippen molar-refractivity contribution in [3.63, 3.8) is 0 Å². The summed E-state index contributed by atoms with van der Waals surface area (Å²) in [4.78, 5) is 5.24. The van der Waals surface area contributed by atoms with E-state index >= 15 is 0 Å². The third kappa shape index (κ3) is 2.01. The highest BCUT2D eigenvalue weighted by Gasteiger charge is 2.13. The summed E-state index contributed by atoms with van der Waals surface area (Å²) in [6, 6.07) is 11.8. The van der Waals surface area contributed by atoms with Gasteiger partial charge in [-0.05, 0) is 29.1 Å². The van der Waals surface area contributed by atoms with Crippen molar-refractivity contribution in [3.8, 4) is 0 Å². The molecule has 0 radical (unpaired) electrons. The molecule has 0 fully saturated rings. The molecule has 2 N–H and O–H groups in total. The Morgan fingerprint density at radius 2 is 2.06 bits per heavy atom. The summed E-state index contributed by atoms with van der Waals surface area (Å²) in [6.07, 6.45) is 3.65.